The number of ether oxygens (including phenoxy) is 1. The Bertz CT molecular complexity index is 1080. The molecule has 5 heteroatoms. The number of rotatable bonds is 4. The Hall–Kier alpha value is -3.47. The molecule has 0 saturated heterocycles. The number of hydrogen-bond donors (Lipinski definition) is 0. The lowest BCUT2D eigenvalue weighted by atomic mass is 10.1. The molecule has 128 valence electrons. The molecule has 0 N–H and O–H groups in total. The molecule has 0 saturated carbocycles. The van der Waals surface area contributed by atoms with Crippen LogP contribution < -0.4 is 4.74 Å². The molecule has 0 fully saturated rings. The molecule has 5 nitrogen and oxygen atoms in total. The number of aryl methyl sites for hydroxylation is 1. The zero-order valence-electron chi connectivity index (χ0n) is 14.6. The standard InChI is InChI=1S/C21H18N4O/c1-15-11-12-19-22-20(16-7-4-3-5-8-16)21(25(19)14-15)24-23-17-9-6-10-18(13-17)26-2/h3-14H,1-2H3. The predicted octanol–water partition coefficient (Wildman–Crippen LogP) is 5.73. The van der Waals surface area contributed by atoms with Gasteiger partial charge in [0.05, 0.1) is 12.8 Å². The lowest BCUT2D eigenvalue weighted by Gasteiger charge is -2.01. The molecule has 0 bridgehead atoms. The number of hydrogen-bond acceptors (Lipinski definition) is 4. The summed E-state index contributed by atoms with van der Waals surface area (Å²) in [7, 11) is 1.64. The number of fused-ring (bicyclic) bond motifs is 1. The van der Waals surface area contributed by atoms with Crippen molar-refractivity contribution in [2.75, 3.05) is 7.11 Å². The summed E-state index contributed by atoms with van der Waals surface area (Å²) < 4.78 is 7.23. The van der Waals surface area contributed by atoms with Crippen molar-refractivity contribution in [3.05, 3.63) is 78.5 Å². The van der Waals surface area contributed by atoms with Crippen LogP contribution >= 0.6 is 0 Å². The zero-order valence-corrected chi connectivity index (χ0v) is 14.6. The van der Waals surface area contributed by atoms with Gasteiger partial charge < -0.3 is 4.74 Å². The first kappa shape index (κ1) is 16.0. The maximum absolute atomic E-state index is 5.25. The Morgan fingerprint density at radius 1 is 0.923 bits per heavy atom. The fourth-order valence-electron chi connectivity index (χ4n) is 2.80. The third kappa shape index (κ3) is 3.07. The minimum Gasteiger partial charge on any atom is -0.497 e. The van der Waals surface area contributed by atoms with E-state index in [9.17, 15) is 0 Å². The molecular formula is C21H18N4O. The summed E-state index contributed by atoms with van der Waals surface area (Å²) in [6, 6.07) is 21.6. The van der Waals surface area contributed by atoms with E-state index >= 15 is 0 Å². The fourth-order valence-corrected chi connectivity index (χ4v) is 2.80. The summed E-state index contributed by atoms with van der Waals surface area (Å²) in [5, 5.41) is 8.93. The fraction of sp³-hybridized carbons (Fsp3) is 0.0952. The smallest absolute Gasteiger partial charge is 0.187 e. The van der Waals surface area contributed by atoms with E-state index < -0.39 is 0 Å². The number of aromatic nitrogens is 2. The van der Waals surface area contributed by atoms with E-state index in [-0.39, 0.29) is 0 Å². The van der Waals surface area contributed by atoms with Crippen molar-refractivity contribution in [1.29, 1.82) is 0 Å². The Balaban J connectivity index is 1.86. The Kier molecular flexibility index (Phi) is 4.19. The number of nitrogens with zero attached hydrogens (tertiary/aromatic N) is 4. The highest BCUT2D eigenvalue weighted by molar-refractivity contribution is 5.74. The van der Waals surface area contributed by atoms with Gasteiger partial charge >= 0.3 is 0 Å². The Morgan fingerprint density at radius 2 is 1.77 bits per heavy atom. The molecule has 0 unspecified atom stereocenters. The highest BCUT2D eigenvalue weighted by Crippen LogP contribution is 2.32. The second-order valence-electron chi connectivity index (χ2n) is 5.99. The van der Waals surface area contributed by atoms with Gasteiger partial charge in [-0.05, 0) is 30.7 Å². The second kappa shape index (κ2) is 6.80. The normalized spacial score (nSPS) is 11.3. The van der Waals surface area contributed by atoms with Gasteiger partial charge in [0.1, 0.15) is 17.1 Å². The summed E-state index contributed by atoms with van der Waals surface area (Å²) in [5.74, 6) is 1.46. The summed E-state index contributed by atoms with van der Waals surface area (Å²) >= 11 is 0. The molecule has 2 aromatic heterocycles. The summed E-state index contributed by atoms with van der Waals surface area (Å²) in [6.45, 7) is 2.05. The maximum atomic E-state index is 5.25. The third-order valence-electron chi connectivity index (χ3n) is 4.10. The van der Waals surface area contributed by atoms with Gasteiger partial charge in [0.2, 0.25) is 0 Å². The van der Waals surface area contributed by atoms with Crippen molar-refractivity contribution < 1.29 is 4.74 Å². The summed E-state index contributed by atoms with van der Waals surface area (Å²) in [4.78, 5) is 4.75. The van der Waals surface area contributed by atoms with Crippen molar-refractivity contribution in [3.8, 4) is 17.0 Å². The minimum atomic E-state index is 0.706. The number of pyridine rings is 1. The monoisotopic (exact) mass is 342 g/mol. The molecule has 0 aliphatic carbocycles. The first-order chi connectivity index (χ1) is 12.7. The van der Waals surface area contributed by atoms with Gasteiger partial charge in [-0.2, -0.15) is 0 Å². The molecule has 0 spiro atoms. The van der Waals surface area contributed by atoms with Crippen LogP contribution in [0.4, 0.5) is 11.5 Å². The molecule has 2 heterocycles. The van der Waals surface area contributed by atoms with E-state index in [1.165, 1.54) is 0 Å². The van der Waals surface area contributed by atoms with E-state index in [2.05, 4.69) is 10.2 Å². The van der Waals surface area contributed by atoms with E-state index in [0.29, 0.717) is 5.82 Å². The van der Waals surface area contributed by atoms with Crippen LogP contribution in [-0.2, 0) is 0 Å². The van der Waals surface area contributed by atoms with E-state index in [1.807, 2.05) is 84.3 Å². The van der Waals surface area contributed by atoms with E-state index in [4.69, 9.17) is 9.72 Å². The molecule has 0 radical (unpaired) electrons. The van der Waals surface area contributed by atoms with Gasteiger partial charge in [0.15, 0.2) is 5.82 Å². The minimum absolute atomic E-state index is 0.706. The molecule has 4 rings (SSSR count). The number of methoxy groups -OCH3 is 1. The topological polar surface area (TPSA) is 51.2 Å². The average Bonchev–Trinajstić information content (AvgIpc) is 3.05. The molecule has 26 heavy (non-hydrogen) atoms. The third-order valence-corrected chi connectivity index (χ3v) is 4.10. The maximum Gasteiger partial charge on any atom is 0.187 e. The van der Waals surface area contributed by atoms with Gasteiger partial charge in [-0.25, -0.2) is 4.98 Å². The highest BCUT2D eigenvalue weighted by atomic mass is 16.5. The van der Waals surface area contributed by atoms with Gasteiger partial charge in [-0.15, -0.1) is 10.2 Å². The van der Waals surface area contributed by atoms with Crippen LogP contribution in [0.25, 0.3) is 16.9 Å². The largest absolute Gasteiger partial charge is 0.497 e. The van der Waals surface area contributed by atoms with Gasteiger partial charge in [0.25, 0.3) is 0 Å². The highest BCUT2D eigenvalue weighted by Gasteiger charge is 2.14. The Morgan fingerprint density at radius 3 is 2.58 bits per heavy atom. The second-order valence-corrected chi connectivity index (χ2v) is 5.99. The van der Waals surface area contributed by atoms with Gasteiger partial charge in [0, 0.05) is 17.8 Å². The Labute approximate surface area is 151 Å². The van der Waals surface area contributed by atoms with Crippen molar-refractivity contribution in [3.63, 3.8) is 0 Å². The molecule has 2 aromatic carbocycles. The van der Waals surface area contributed by atoms with Crippen LogP contribution in [0.3, 0.4) is 0 Å². The first-order valence-corrected chi connectivity index (χ1v) is 8.34. The summed E-state index contributed by atoms with van der Waals surface area (Å²) in [5.41, 5.74) is 4.52. The SMILES string of the molecule is COc1cccc(N=Nc2c(-c3ccccc3)nc3ccc(C)cn23)c1. The van der Waals surface area contributed by atoms with Crippen LogP contribution in [-0.4, -0.2) is 16.5 Å². The van der Waals surface area contributed by atoms with Crippen LogP contribution in [0.5, 0.6) is 5.75 Å². The van der Waals surface area contributed by atoms with Gasteiger partial charge in [-0.1, -0.05) is 42.5 Å². The quantitative estimate of drug-likeness (QED) is 0.444. The number of azo groups is 1. The lowest BCUT2D eigenvalue weighted by Crippen LogP contribution is -1.85. The number of imidazole rings is 1. The first-order valence-electron chi connectivity index (χ1n) is 8.34. The zero-order chi connectivity index (χ0) is 17.9. The molecule has 0 amide bonds. The van der Waals surface area contributed by atoms with Crippen molar-refractivity contribution in [1.82, 2.24) is 9.38 Å². The van der Waals surface area contributed by atoms with Crippen molar-refractivity contribution in [2.24, 2.45) is 10.2 Å². The molecule has 4 aromatic rings. The number of benzene rings is 2. The van der Waals surface area contributed by atoms with Gasteiger partial charge in [-0.3, -0.25) is 4.40 Å². The predicted molar refractivity (Wildman–Crippen MR) is 103 cm³/mol. The summed E-state index contributed by atoms with van der Waals surface area (Å²) in [6.07, 6.45) is 2.02. The molecular weight excluding hydrogens is 324 g/mol. The average molecular weight is 342 g/mol. The van der Waals surface area contributed by atoms with Crippen molar-refractivity contribution >= 4 is 17.2 Å². The molecule has 0 aliphatic heterocycles. The van der Waals surface area contributed by atoms with E-state index in [0.717, 1.165) is 33.9 Å². The molecule has 0 atom stereocenters. The molecule has 0 aliphatic rings. The lowest BCUT2D eigenvalue weighted by molar-refractivity contribution is 0.415. The van der Waals surface area contributed by atoms with Crippen LogP contribution in [0.1, 0.15) is 5.56 Å². The van der Waals surface area contributed by atoms with Crippen LogP contribution in [0, 0.1) is 6.92 Å². The van der Waals surface area contributed by atoms with Crippen LogP contribution in [0.15, 0.2) is 83.2 Å². The van der Waals surface area contributed by atoms with Crippen molar-refractivity contribution in [2.45, 2.75) is 6.92 Å². The van der Waals surface area contributed by atoms with Crippen LogP contribution in [0.2, 0.25) is 0 Å². The van der Waals surface area contributed by atoms with E-state index in [1.54, 1.807) is 7.11 Å².